The van der Waals surface area contributed by atoms with Crippen molar-refractivity contribution in [3.05, 3.63) is 53.3 Å². The first kappa shape index (κ1) is 13.4. The van der Waals surface area contributed by atoms with Crippen molar-refractivity contribution in [2.45, 2.75) is 13.0 Å². The molecule has 1 unspecified atom stereocenters. The second-order valence-corrected chi connectivity index (χ2v) is 4.24. The Kier molecular flexibility index (Phi) is 4.02. The third-order valence-electron chi connectivity index (χ3n) is 3.09. The monoisotopic (exact) mass is 259 g/mol. The summed E-state index contributed by atoms with van der Waals surface area (Å²) in [5, 5.41) is 10.5. The van der Waals surface area contributed by atoms with Gasteiger partial charge in [0.2, 0.25) is 0 Å². The van der Waals surface area contributed by atoms with Gasteiger partial charge >= 0.3 is 0 Å². The van der Waals surface area contributed by atoms with Crippen LogP contribution in [0.15, 0.2) is 36.7 Å². The normalized spacial score (nSPS) is 12.0. The Bertz CT molecular complexity index is 569. The van der Waals surface area contributed by atoms with Crippen LogP contribution in [-0.2, 0) is 0 Å². The number of aliphatic hydroxyl groups excluding tert-OH is 1. The van der Waals surface area contributed by atoms with Crippen LogP contribution in [0.25, 0.3) is 0 Å². The summed E-state index contributed by atoms with van der Waals surface area (Å²) in [5.41, 5.74) is 2.46. The molecule has 0 spiro atoms. The molecule has 0 aliphatic heterocycles. The van der Waals surface area contributed by atoms with Crippen LogP contribution in [0, 0.1) is 6.92 Å². The number of methoxy groups -OCH3 is 2. The van der Waals surface area contributed by atoms with Crippen LogP contribution >= 0.6 is 0 Å². The van der Waals surface area contributed by atoms with Crippen LogP contribution in [-0.4, -0.2) is 24.3 Å². The van der Waals surface area contributed by atoms with Crippen LogP contribution in [0.2, 0.25) is 0 Å². The van der Waals surface area contributed by atoms with Gasteiger partial charge in [0.1, 0.15) is 17.6 Å². The summed E-state index contributed by atoms with van der Waals surface area (Å²) in [5.74, 6) is 1.29. The van der Waals surface area contributed by atoms with Crippen LogP contribution in [0.4, 0.5) is 0 Å². The van der Waals surface area contributed by atoms with Crippen LogP contribution in [0.3, 0.4) is 0 Å². The third kappa shape index (κ3) is 2.69. The van der Waals surface area contributed by atoms with E-state index in [2.05, 4.69) is 4.98 Å². The highest BCUT2D eigenvalue weighted by atomic mass is 16.5. The lowest BCUT2D eigenvalue weighted by Gasteiger charge is -2.17. The number of ether oxygens (including phenoxy) is 2. The lowest BCUT2D eigenvalue weighted by atomic mass is 9.98. The molecule has 0 aliphatic carbocycles. The third-order valence-corrected chi connectivity index (χ3v) is 3.09. The van der Waals surface area contributed by atoms with Crippen LogP contribution < -0.4 is 9.47 Å². The van der Waals surface area contributed by atoms with Gasteiger partial charge in [-0.1, -0.05) is 0 Å². The molecule has 1 N–H and O–H groups in total. The predicted octanol–water partition coefficient (Wildman–Crippen LogP) is 2.49. The molecule has 4 heteroatoms. The predicted molar refractivity (Wildman–Crippen MR) is 72.6 cm³/mol. The molecule has 0 saturated carbocycles. The number of aryl methyl sites for hydroxylation is 1. The number of rotatable bonds is 4. The molecule has 2 aromatic rings. The largest absolute Gasteiger partial charge is 0.497 e. The first-order chi connectivity index (χ1) is 9.17. The molecule has 0 saturated heterocycles. The first-order valence-corrected chi connectivity index (χ1v) is 5.98. The van der Waals surface area contributed by atoms with Gasteiger partial charge in [0.05, 0.1) is 14.2 Å². The summed E-state index contributed by atoms with van der Waals surface area (Å²) in [6.07, 6.45) is 2.65. The number of hydrogen-bond acceptors (Lipinski definition) is 4. The van der Waals surface area contributed by atoms with Crippen molar-refractivity contribution in [3.63, 3.8) is 0 Å². The molecule has 0 aliphatic rings. The molecule has 1 aromatic heterocycles. The van der Waals surface area contributed by atoms with E-state index in [4.69, 9.17) is 9.47 Å². The number of benzene rings is 1. The van der Waals surface area contributed by atoms with Crippen molar-refractivity contribution in [3.8, 4) is 11.5 Å². The van der Waals surface area contributed by atoms with E-state index >= 15 is 0 Å². The number of pyridine rings is 1. The van der Waals surface area contributed by atoms with Gasteiger partial charge in [-0.05, 0) is 36.2 Å². The van der Waals surface area contributed by atoms with Crippen molar-refractivity contribution in [2.75, 3.05) is 14.2 Å². The maximum atomic E-state index is 10.5. The zero-order chi connectivity index (χ0) is 13.8. The molecular weight excluding hydrogens is 242 g/mol. The fourth-order valence-electron chi connectivity index (χ4n) is 2.00. The van der Waals surface area contributed by atoms with Gasteiger partial charge in [-0.25, -0.2) is 0 Å². The summed E-state index contributed by atoms with van der Waals surface area (Å²) in [4.78, 5) is 4.03. The van der Waals surface area contributed by atoms with Gasteiger partial charge in [-0.15, -0.1) is 0 Å². The Labute approximate surface area is 112 Å². The molecule has 1 aromatic carbocycles. The number of aliphatic hydroxyl groups is 1. The van der Waals surface area contributed by atoms with E-state index < -0.39 is 6.10 Å². The van der Waals surface area contributed by atoms with Crippen molar-refractivity contribution in [2.24, 2.45) is 0 Å². The minimum absolute atomic E-state index is 0.600. The first-order valence-electron chi connectivity index (χ1n) is 5.98. The highest BCUT2D eigenvalue weighted by Gasteiger charge is 2.17. The molecule has 0 amide bonds. The minimum Gasteiger partial charge on any atom is -0.497 e. The zero-order valence-corrected chi connectivity index (χ0v) is 11.3. The lowest BCUT2D eigenvalue weighted by Crippen LogP contribution is -2.04. The van der Waals surface area contributed by atoms with Gasteiger partial charge in [0, 0.05) is 24.0 Å². The summed E-state index contributed by atoms with van der Waals surface area (Å²) in [7, 11) is 3.17. The minimum atomic E-state index is -0.746. The Hall–Kier alpha value is -2.07. The molecule has 0 radical (unpaired) electrons. The number of aromatic nitrogens is 1. The van der Waals surface area contributed by atoms with Crippen molar-refractivity contribution >= 4 is 0 Å². The molecule has 1 heterocycles. The highest BCUT2D eigenvalue weighted by molar-refractivity contribution is 5.45. The molecule has 0 bridgehead atoms. The molecule has 0 fully saturated rings. The molecule has 1 atom stereocenters. The van der Waals surface area contributed by atoms with E-state index in [1.165, 1.54) is 0 Å². The van der Waals surface area contributed by atoms with Crippen molar-refractivity contribution in [1.82, 2.24) is 4.98 Å². The second kappa shape index (κ2) is 5.71. The summed E-state index contributed by atoms with van der Waals surface area (Å²) < 4.78 is 10.5. The molecule has 2 rings (SSSR count). The standard InChI is InChI=1S/C15H17NO3/c1-10-9-16-7-6-12(10)15(17)13-5-4-11(18-2)8-14(13)19-3/h4-9,15,17H,1-3H3. The van der Waals surface area contributed by atoms with Crippen LogP contribution in [0.1, 0.15) is 22.8 Å². The molecule has 100 valence electrons. The Balaban J connectivity index is 2.44. The summed E-state index contributed by atoms with van der Waals surface area (Å²) >= 11 is 0. The van der Waals surface area contributed by atoms with E-state index in [9.17, 15) is 5.11 Å². The average molecular weight is 259 g/mol. The maximum Gasteiger partial charge on any atom is 0.128 e. The topological polar surface area (TPSA) is 51.6 Å². The molecule has 4 nitrogen and oxygen atoms in total. The molecule has 19 heavy (non-hydrogen) atoms. The Morgan fingerprint density at radius 3 is 2.53 bits per heavy atom. The van der Waals surface area contributed by atoms with Gasteiger partial charge in [0.15, 0.2) is 0 Å². The van der Waals surface area contributed by atoms with Gasteiger partial charge in [0.25, 0.3) is 0 Å². The van der Waals surface area contributed by atoms with Crippen LogP contribution in [0.5, 0.6) is 11.5 Å². The van der Waals surface area contributed by atoms with Gasteiger partial charge in [-0.2, -0.15) is 0 Å². The van der Waals surface area contributed by atoms with Gasteiger partial charge in [-0.3, -0.25) is 4.98 Å². The number of hydrogen-bond donors (Lipinski definition) is 1. The quantitative estimate of drug-likeness (QED) is 0.916. The van der Waals surface area contributed by atoms with E-state index in [0.29, 0.717) is 17.1 Å². The number of nitrogens with zero attached hydrogens (tertiary/aromatic N) is 1. The fraction of sp³-hybridized carbons (Fsp3) is 0.267. The van der Waals surface area contributed by atoms with E-state index in [0.717, 1.165) is 11.1 Å². The second-order valence-electron chi connectivity index (χ2n) is 4.24. The smallest absolute Gasteiger partial charge is 0.128 e. The fourth-order valence-corrected chi connectivity index (χ4v) is 2.00. The molecular formula is C15H17NO3. The average Bonchev–Trinajstić information content (AvgIpc) is 2.46. The SMILES string of the molecule is COc1ccc(C(O)c2ccncc2C)c(OC)c1. The summed E-state index contributed by atoms with van der Waals surface area (Å²) in [6.45, 7) is 1.92. The van der Waals surface area contributed by atoms with E-state index in [-0.39, 0.29) is 0 Å². The summed E-state index contributed by atoms with van der Waals surface area (Å²) in [6, 6.07) is 7.18. The zero-order valence-electron chi connectivity index (χ0n) is 11.3. The highest BCUT2D eigenvalue weighted by Crippen LogP contribution is 2.33. The Morgan fingerprint density at radius 1 is 1.11 bits per heavy atom. The van der Waals surface area contributed by atoms with Crippen molar-refractivity contribution < 1.29 is 14.6 Å². The van der Waals surface area contributed by atoms with Gasteiger partial charge < -0.3 is 14.6 Å². The lowest BCUT2D eigenvalue weighted by molar-refractivity contribution is 0.213. The Morgan fingerprint density at radius 2 is 1.89 bits per heavy atom. The maximum absolute atomic E-state index is 10.5. The van der Waals surface area contributed by atoms with Crippen molar-refractivity contribution in [1.29, 1.82) is 0 Å². The van der Waals surface area contributed by atoms with E-state index in [1.807, 2.05) is 19.1 Å². The van der Waals surface area contributed by atoms with E-state index in [1.54, 1.807) is 38.7 Å².